The zero-order chi connectivity index (χ0) is 16.4. The molecule has 1 fully saturated rings. The summed E-state index contributed by atoms with van der Waals surface area (Å²) in [6.45, 7) is 4.39. The van der Waals surface area contributed by atoms with E-state index in [1.165, 1.54) is 0 Å². The second-order valence-electron chi connectivity index (χ2n) is 6.26. The highest BCUT2D eigenvalue weighted by Gasteiger charge is 2.28. The monoisotopic (exact) mass is 333 g/mol. The number of para-hydroxylation sites is 1. The molecule has 0 aliphatic carbocycles. The molecular weight excluding hydrogens is 310 g/mol. The molecule has 1 aliphatic heterocycles. The summed E-state index contributed by atoms with van der Waals surface area (Å²) in [6, 6.07) is 8.46. The largest absolute Gasteiger partial charge is 0.381 e. The number of piperidine rings is 1. The molecule has 0 saturated carbocycles. The van der Waals surface area contributed by atoms with Crippen molar-refractivity contribution in [2.24, 2.45) is 5.73 Å². The van der Waals surface area contributed by atoms with Gasteiger partial charge in [-0.25, -0.2) is 4.98 Å². The number of rotatable bonds is 4. The van der Waals surface area contributed by atoms with Crippen LogP contribution in [0.5, 0.6) is 0 Å². The Morgan fingerprint density at radius 3 is 2.91 bits per heavy atom. The number of aromatic nitrogens is 1. The molecular formula is C18H24ClN3O. The predicted molar refractivity (Wildman–Crippen MR) is 94.8 cm³/mol. The van der Waals surface area contributed by atoms with Crippen LogP contribution in [0, 0.1) is 6.92 Å². The fourth-order valence-corrected chi connectivity index (χ4v) is 3.65. The summed E-state index contributed by atoms with van der Waals surface area (Å²) < 4.78 is 5.50. The first kappa shape index (κ1) is 16.7. The minimum atomic E-state index is 0.307. The molecule has 124 valence electrons. The number of benzene rings is 1. The number of hydrogen-bond acceptors (Lipinski definition) is 4. The Hall–Kier alpha value is -1.20. The van der Waals surface area contributed by atoms with Crippen LogP contribution in [0.4, 0.5) is 0 Å². The van der Waals surface area contributed by atoms with Gasteiger partial charge in [-0.15, -0.1) is 0 Å². The van der Waals surface area contributed by atoms with E-state index in [-0.39, 0.29) is 0 Å². The van der Waals surface area contributed by atoms with Crippen LogP contribution in [0.25, 0.3) is 10.9 Å². The normalized spacial score (nSPS) is 22.6. The van der Waals surface area contributed by atoms with Crippen LogP contribution < -0.4 is 5.73 Å². The van der Waals surface area contributed by atoms with E-state index in [9.17, 15) is 0 Å². The highest BCUT2D eigenvalue weighted by Crippen LogP contribution is 2.29. The van der Waals surface area contributed by atoms with Crippen molar-refractivity contribution >= 4 is 22.5 Å². The van der Waals surface area contributed by atoms with Crippen LogP contribution in [0.2, 0.25) is 5.02 Å². The van der Waals surface area contributed by atoms with Crippen LogP contribution in [0.3, 0.4) is 0 Å². The van der Waals surface area contributed by atoms with Gasteiger partial charge in [0.1, 0.15) is 0 Å². The Labute approximate surface area is 142 Å². The Morgan fingerprint density at radius 2 is 2.17 bits per heavy atom. The van der Waals surface area contributed by atoms with Gasteiger partial charge in [0, 0.05) is 38.2 Å². The fraction of sp³-hybridized carbons (Fsp3) is 0.500. The minimum Gasteiger partial charge on any atom is -0.381 e. The van der Waals surface area contributed by atoms with Crippen LogP contribution in [-0.4, -0.2) is 42.2 Å². The third kappa shape index (κ3) is 3.36. The number of nitrogens with zero attached hydrogens (tertiary/aromatic N) is 2. The molecule has 2 heterocycles. The first-order valence-corrected chi connectivity index (χ1v) is 8.52. The Kier molecular flexibility index (Phi) is 5.17. The average molecular weight is 334 g/mol. The number of fused-ring (bicyclic) bond motifs is 1. The zero-order valence-corrected chi connectivity index (χ0v) is 14.5. The minimum absolute atomic E-state index is 0.307. The van der Waals surface area contributed by atoms with E-state index in [4.69, 9.17) is 27.1 Å². The lowest BCUT2D eigenvalue weighted by molar-refractivity contribution is 0.00982. The molecule has 0 spiro atoms. The lowest BCUT2D eigenvalue weighted by Crippen LogP contribution is -2.48. The van der Waals surface area contributed by atoms with E-state index >= 15 is 0 Å². The summed E-state index contributed by atoms with van der Waals surface area (Å²) in [6.07, 6.45) is 2.30. The molecule has 1 aromatic carbocycles. The lowest BCUT2D eigenvalue weighted by atomic mass is 9.98. The zero-order valence-electron chi connectivity index (χ0n) is 13.8. The highest BCUT2D eigenvalue weighted by molar-refractivity contribution is 6.32. The summed E-state index contributed by atoms with van der Waals surface area (Å²) >= 11 is 6.59. The number of likely N-dealkylation sites (tertiary alicyclic amines) is 1. The van der Waals surface area contributed by atoms with Gasteiger partial charge in [-0.05, 0) is 31.4 Å². The number of ether oxygens (including phenoxy) is 1. The van der Waals surface area contributed by atoms with Gasteiger partial charge in [-0.3, -0.25) is 4.90 Å². The summed E-state index contributed by atoms with van der Waals surface area (Å²) in [7, 11) is 1.78. The third-order valence-electron chi connectivity index (χ3n) is 4.89. The molecule has 3 rings (SSSR count). The van der Waals surface area contributed by atoms with Gasteiger partial charge in [0.15, 0.2) is 0 Å². The van der Waals surface area contributed by atoms with Crippen LogP contribution in [0.15, 0.2) is 24.3 Å². The van der Waals surface area contributed by atoms with Gasteiger partial charge in [0.05, 0.1) is 22.3 Å². The number of methoxy groups -OCH3 is 1. The van der Waals surface area contributed by atoms with E-state index in [1.807, 2.05) is 18.2 Å². The molecule has 5 heteroatoms. The quantitative estimate of drug-likeness (QED) is 0.934. The molecule has 0 bridgehead atoms. The van der Waals surface area contributed by atoms with Crippen molar-refractivity contribution in [3.05, 3.63) is 40.5 Å². The predicted octanol–water partition coefficient (Wildman–Crippen LogP) is 3.13. The number of pyridine rings is 1. The number of halogens is 1. The molecule has 0 radical (unpaired) electrons. The first-order valence-electron chi connectivity index (χ1n) is 8.14. The van der Waals surface area contributed by atoms with Crippen molar-refractivity contribution < 1.29 is 4.74 Å². The van der Waals surface area contributed by atoms with E-state index in [1.54, 1.807) is 7.11 Å². The van der Waals surface area contributed by atoms with E-state index in [0.717, 1.165) is 53.1 Å². The van der Waals surface area contributed by atoms with Gasteiger partial charge < -0.3 is 10.5 Å². The van der Waals surface area contributed by atoms with Crippen molar-refractivity contribution in [1.29, 1.82) is 0 Å². The topological polar surface area (TPSA) is 51.4 Å². The molecule has 1 aliphatic rings. The molecule has 2 unspecified atom stereocenters. The van der Waals surface area contributed by atoms with Crippen molar-refractivity contribution in [2.75, 3.05) is 20.2 Å². The average Bonchev–Trinajstić information content (AvgIpc) is 2.59. The van der Waals surface area contributed by atoms with Crippen molar-refractivity contribution in [1.82, 2.24) is 9.88 Å². The summed E-state index contributed by atoms with van der Waals surface area (Å²) in [5, 5.41) is 1.89. The maximum absolute atomic E-state index is 6.59. The Balaban J connectivity index is 1.87. The maximum atomic E-state index is 6.59. The highest BCUT2D eigenvalue weighted by atomic mass is 35.5. The van der Waals surface area contributed by atoms with Gasteiger partial charge in [-0.2, -0.15) is 0 Å². The van der Waals surface area contributed by atoms with Gasteiger partial charge in [-0.1, -0.05) is 29.8 Å². The molecule has 2 atom stereocenters. The smallest absolute Gasteiger partial charge is 0.0740 e. The molecule has 4 nitrogen and oxygen atoms in total. The fourth-order valence-electron chi connectivity index (χ4n) is 3.44. The Bertz CT molecular complexity index is 691. The van der Waals surface area contributed by atoms with Crippen LogP contribution in [0.1, 0.15) is 24.1 Å². The number of hydrogen-bond donors (Lipinski definition) is 1. The Morgan fingerprint density at radius 1 is 1.39 bits per heavy atom. The lowest BCUT2D eigenvalue weighted by Gasteiger charge is -2.38. The van der Waals surface area contributed by atoms with Crippen molar-refractivity contribution in [3.8, 4) is 0 Å². The third-order valence-corrected chi connectivity index (χ3v) is 5.40. The second-order valence-corrected chi connectivity index (χ2v) is 6.63. The molecule has 2 aromatic rings. The molecule has 2 N–H and O–H groups in total. The number of aryl methyl sites for hydroxylation is 1. The van der Waals surface area contributed by atoms with Gasteiger partial charge in [0.2, 0.25) is 0 Å². The standard InChI is InChI=1S/C18H24ClN3O/c1-12-15-5-3-4-6-16(15)21-17(18(12)19)11-22-8-7-14(23-2)9-13(22)10-20/h3-6,13-14H,7-11,20H2,1-2H3. The SMILES string of the molecule is COC1CCN(Cc2nc3ccccc3c(C)c2Cl)C(CN)C1. The van der Waals surface area contributed by atoms with E-state index < -0.39 is 0 Å². The summed E-state index contributed by atoms with van der Waals surface area (Å²) in [4.78, 5) is 7.18. The summed E-state index contributed by atoms with van der Waals surface area (Å²) in [5.74, 6) is 0. The van der Waals surface area contributed by atoms with Gasteiger partial charge in [0.25, 0.3) is 0 Å². The van der Waals surface area contributed by atoms with Gasteiger partial charge >= 0.3 is 0 Å². The van der Waals surface area contributed by atoms with Crippen LogP contribution in [-0.2, 0) is 11.3 Å². The van der Waals surface area contributed by atoms with Crippen molar-refractivity contribution in [3.63, 3.8) is 0 Å². The second kappa shape index (κ2) is 7.14. The van der Waals surface area contributed by atoms with Crippen molar-refractivity contribution in [2.45, 2.75) is 38.5 Å². The maximum Gasteiger partial charge on any atom is 0.0740 e. The molecule has 1 aromatic heterocycles. The van der Waals surface area contributed by atoms with E-state index in [0.29, 0.717) is 18.7 Å². The molecule has 23 heavy (non-hydrogen) atoms. The number of nitrogens with two attached hydrogens (primary N) is 1. The molecule has 0 amide bonds. The van der Waals surface area contributed by atoms with E-state index in [2.05, 4.69) is 17.9 Å². The molecule has 1 saturated heterocycles. The van der Waals surface area contributed by atoms with Crippen LogP contribution >= 0.6 is 11.6 Å². The first-order chi connectivity index (χ1) is 11.1. The summed E-state index contributed by atoms with van der Waals surface area (Å²) in [5.41, 5.74) is 9.01.